The van der Waals surface area contributed by atoms with Crippen LogP contribution < -0.4 is 4.72 Å². The number of furan rings is 1. The number of nitrogens with zero attached hydrogens (tertiary/aromatic N) is 1. The molecule has 0 saturated carbocycles. The Bertz CT molecular complexity index is 840. The lowest BCUT2D eigenvalue weighted by Gasteiger charge is -2.04. The lowest BCUT2D eigenvalue weighted by atomic mass is 10.2. The van der Waals surface area contributed by atoms with E-state index in [9.17, 15) is 8.42 Å². The molecule has 0 amide bonds. The van der Waals surface area contributed by atoms with Crippen molar-refractivity contribution >= 4 is 21.0 Å². The highest BCUT2D eigenvalue weighted by molar-refractivity contribution is 7.89. The van der Waals surface area contributed by atoms with Crippen LogP contribution in [0.4, 0.5) is 0 Å². The van der Waals surface area contributed by atoms with Gasteiger partial charge in [0.25, 0.3) is 0 Å². The molecule has 0 saturated heterocycles. The highest BCUT2D eigenvalue weighted by Crippen LogP contribution is 2.21. The van der Waals surface area contributed by atoms with E-state index in [2.05, 4.69) is 9.88 Å². The smallest absolute Gasteiger partial charge is 0.246 e. The van der Waals surface area contributed by atoms with Crippen LogP contribution >= 0.6 is 0 Å². The minimum Gasteiger partial charge on any atom is -0.460 e. The van der Waals surface area contributed by atoms with Crippen LogP contribution in [0.2, 0.25) is 0 Å². The van der Waals surface area contributed by atoms with E-state index in [0.717, 1.165) is 11.0 Å². The first kappa shape index (κ1) is 13.8. The van der Waals surface area contributed by atoms with E-state index in [0.29, 0.717) is 11.5 Å². The summed E-state index contributed by atoms with van der Waals surface area (Å²) in [7, 11) is -3.68. The fourth-order valence-corrected chi connectivity index (χ4v) is 3.54. The second-order valence-corrected chi connectivity index (χ2v) is 6.43. The number of para-hydroxylation sites is 1. The molecular formula is C14H14N2O4S. The predicted octanol–water partition coefficient (Wildman–Crippen LogP) is 2.52. The molecule has 1 N–H and O–H groups in total. The standard InChI is InChI=1S/C14H14N2O4S/c1-9-14(10(2)20-16-9)21(17,18)15-8-12-7-11-5-3-4-6-13(11)19-12/h3-7,15H,8H2,1-2H3. The highest BCUT2D eigenvalue weighted by atomic mass is 32.2. The van der Waals surface area contributed by atoms with Crippen molar-refractivity contribution in [2.75, 3.05) is 0 Å². The predicted molar refractivity (Wildman–Crippen MR) is 76.2 cm³/mol. The average molecular weight is 306 g/mol. The van der Waals surface area contributed by atoms with Crippen molar-refractivity contribution in [1.29, 1.82) is 0 Å². The monoisotopic (exact) mass is 306 g/mol. The SMILES string of the molecule is Cc1noc(C)c1S(=O)(=O)NCc1cc2ccccc2o1. The zero-order valence-electron chi connectivity index (χ0n) is 11.6. The Labute approximate surface area is 121 Å². The van der Waals surface area contributed by atoms with Crippen LogP contribution in [-0.4, -0.2) is 13.6 Å². The van der Waals surface area contributed by atoms with Crippen molar-refractivity contribution < 1.29 is 17.4 Å². The van der Waals surface area contributed by atoms with Crippen LogP contribution in [0.25, 0.3) is 11.0 Å². The summed E-state index contributed by atoms with van der Waals surface area (Å²) in [5.41, 5.74) is 1.06. The van der Waals surface area contributed by atoms with E-state index in [1.165, 1.54) is 0 Å². The topological polar surface area (TPSA) is 85.3 Å². The number of fused-ring (bicyclic) bond motifs is 1. The van der Waals surface area contributed by atoms with Gasteiger partial charge in [0.05, 0.1) is 6.54 Å². The highest BCUT2D eigenvalue weighted by Gasteiger charge is 2.24. The Morgan fingerprint density at radius 2 is 2.00 bits per heavy atom. The number of nitrogens with one attached hydrogen (secondary N) is 1. The lowest BCUT2D eigenvalue weighted by molar-refractivity contribution is 0.390. The van der Waals surface area contributed by atoms with E-state index >= 15 is 0 Å². The Morgan fingerprint density at radius 1 is 1.24 bits per heavy atom. The molecule has 1 aromatic carbocycles. The summed E-state index contributed by atoms with van der Waals surface area (Å²) in [5, 5.41) is 4.59. The van der Waals surface area contributed by atoms with Gasteiger partial charge >= 0.3 is 0 Å². The molecule has 0 radical (unpaired) electrons. The molecule has 6 nitrogen and oxygen atoms in total. The average Bonchev–Trinajstić information content (AvgIpc) is 3.00. The molecule has 0 aliphatic heterocycles. The Hall–Kier alpha value is -2.12. The van der Waals surface area contributed by atoms with Crippen LogP contribution in [-0.2, 0) is 16.6 Å². The zero-order valence-corrected chi connectivity index (χ0v) is 12.4. The molecule has 0 aliphatic rings. The fourth-order valence-electron chi connectivity index (χ4n) is 2.22. The number of aromatic nitrogens is 1. The number of rotatable bonds is 4. The van der Waals surface area contributed by atoms with Crippen LogP contribution in [0.5, 0.6) is 0 Å². The summed E-state index contributed by atoms with van der Waals surface area (Å²) < 4.78 is 37.5. The van der Waals surface area contributed by atoms with Crippen LogP contribution in [0.1, 0.15) is 17.2 Å². The number of hydrogen-bond donors (Lipinski definition) is 1. The summed E-state index contributed by atoms with van der Waals surface area (Å²) in [5.74, 6) is 0.816. The Morgan fingerprint density at radius 3 is 2.67 bits per heavy atom. The lowest BCUT2D eigenvalue weighted by Crippen LogP contribution is -2.24. The van der Waals surface area contributed by atoms with Crippen LogP contribution in [0.15, 0.2) is 44.2 Å². The van der Waals surface area contributed by atoms with Gasteiger partial charge in [0.15, 0.2) is 5.76 Å². The van der Waals surface area contributed by atoms with Gasteiger partial charge in [-0.05, 0) is 26.0 Å². The number of hydrogen-bond acceptors (Lipinski definition) is 5. The maximum Gasteiger partial charge on any atom is 0.246 e. The van der Waals surface area contributed by atoms with E-state index in [1.807, 2.05) is 30.3 Å². The molecule has 3 aromatic rings. The Balaban J connectivity index is 1.84. The van der Waals surface area contributed by atoms with Crippen molar-refractivity contribution in [3.63, 3.8) is 0 Å². The van der Waals surface area contributed by atoms with Gasteiger partial charge in [-0.1, -0.05) is 23.4 Å². The van der Waals surface area contributed by atoms with Crippen LogP contribution in [0.3, 0.4) is 0 Å². The molecule has 21 heavy (non-hydrogen) atoms. The third-order valence-electron chi connectivity index (χ3n) is 3.15. The van der Waals surface area contributed by atoms with Gasteiger partial charge in [0, 0.05) is 5.39 Å². The second kappa shape index (κ2) is 5.01. The number of benzene rings is 1. The van der Waals surface area contributed by atoms with Crippen LogP contribution in [0, 0.1) is 13.8 Å². The molecule has 0 aliphatic carbocycles. The second-order valence-electron chi connectivity index (χ2n) is 4.73. The maximum absolute atomic E-state index is 12.3. The maximum atomic E-state index is 12.3. The first-order valence-corrected chi connectivity index (χ1v) is 7.86. The molecule has 7 heteroatoms. The third-order valence-corrected chi connectivity index (χ3v) is 4.79. The van der Waals surface area contributed by atoms with Gasteiger partial charge in [-0.25, -0.2) is 13.1 Å². The van der Waals surface area contributed by atoms with Gasteiger partial charge < -0.3 is 8.94 Å². The van der Waals surface area contributed by atoms with Gasteiger partial charge in [0.2, 0.25) is 10.0 Å². The number of sulfonamides is 1. The van der Waals surface area contributed by atoms with Crippen molar-refractivity contribution in [2.24, 2.45) is 0 Å². The molecule has 0 bridgehead atoms. The molecule has 2 heterocycles. The summed E-state index contributed by atoms with van der Waals surface area (Å²) in [6.07, 6.45) is 0. The summed E-state index contributed by atoms with van der Waals surface area (Å²) in [6, 6.07) is 9.32. The van der Waals surface area contributed by atoms with Gasteiger partial charge in [0.1, 0.15) is 21.9 Å². The van der Waals surface area contributed by atoms with E-state index in [4.69, 9.17) is 8.94 Å². The first-order chi connectivity index (χ1) is 9.97. The van der Waals surface area contributed by atoms with Crippen molar-refractivity contribution in [3.8, 4) is 0 Å². The van der Waals surface area contributed by atoms with Crippen molar-refractivity contribution in [3.05, 3.63) is 47.5 Å². The quantitative estimate of drug-likeness (QED) is 0.800. The van der Waals surface area contributed by atoms with Crippen molar-refractivity contribution in [2.45, 2.75) is 25.3 Å². The summed E-state index contributed by atoms with van der Waals surface area (Å²) in [4.78, 5) is 0.0820. The molecule has 0 unspecified atom stereocenters. The molecule has 110 valence electrons. The largest absolute Gasteiger partial charge is 0.460 e. The molecule has 3 rings (SSSR count). The fraction of sp³-hybridized carbons (Fsp3) is 0.214. The summed E-state index contributed by atoms with van der Waals surface area (Å²) in [6.45, 7) is 3.23. The van der Waals surface area contributed by atoms with Gasteiger partial charge in [-0.15, -0.1) is 0 Å². The molecule has 0 fully saturated rings. The molecule has 0 atom stereocenters. The van der Waals surface area contributed by atoms with Gasteiger partial charge in [-0.2, -0.15) is 0 Å². The summed E-state index contributed by atoms with van der Waals surface area (Å²) >= 11 is 0. The molecule has 0 spiro atoms. The normalized spacial score (nSPS) is 12.1. The third kappa shape index (κ3) is 2.57. The van der Waals surface area contributed by atoms with Crippen molar-refractivity contribution in [1.82, 2.24) is 9.88 Å². The molecular weight excluding hydrogens is 292 g/mol. The Kier molecular flexibility index (Phi) is 3.30. The number of aryl methyl sites for hydroxylation is 2. The minimum atomic E-state index is -3.68. The van der Waals surface area contributed by atoms with Gasteiger partial charge in [-0.3, -0.25) is 0 Å². The first-order valence-electron chi connectivity index (χ1n) is 6.37. The van der Waals surface area contributed by atoms with E-state index in [1.54, 1.807) is 13.8 Å². The van der Waals surface area contributed by atoms with E-state index < -0.39 is 10.0 Å². The minimum absolute atomic E-state index is 0.0705. The molecule has 2 aromatic heterocycles. The zero-order chi connectivity index (χ0) is 15.0. The van der Waals surface area contributed by atoms with E-state index in [-0.39, 0.29) is 17.2 Å².